The molecule has 3 nitrogen and oxygen atoms in total. The van der Waals surface area contributed by atoms with Gasteiger partial charge in [0.15, 0.2) is 5.16 Å². The Hall–Kier alpha value is -1.89. The summed E-state index contributed by atoms with van der Waals surface area (Å²) in [5, 5.41) is 0.771. The fourth-order valence-corrected chi connectivity index (χ4v) is 5.40. The van der Waals surface area contributed by atoms with E-state index >= 15 is 0 Å². The molecule has 0 radical (unpaired) electrons. The number of nitrogens with zero attached hydrogens (tertiary/aromatic N) is 2. The van der Waals surface area contributed by atoms with Gasteiger partial charge in [-0.15, -0.1) is 11.3 Å². The number of fused-ring (bicyclic) bond motifs is 1. The maximum Gasteiger partial charge on any atom is 0.272 e. The highest BCUT2D eigenvalue weighted by Gasteiger charge is 2.14. The van der Waals surface area contributed by atoms with E-state index in [1.807, 2.05) is 43.3 Å². The molecule has 0 N–H and O–H groups in total. The van der Waals surface area contributed by atoms with Gasteiger partial charge in [-0.1, -0.05) is 70.2 Å². The topological polar surface area (TPSA) is 34.9 Å². The van der Waals surface area contributed by atoms with Crippen molar-refractivity contribution in [3.05, 3.63) is 81.1 Å². The van der Waals surface area contributed by atoms with Gasteiger partial charge < -0.3 is 0 Å². The lowest BCUT2D eigenvalue weighted by molar-refractivity contribution is 0.635. The quantitative estimate of drug-likeness (QED) is 0.264. The molecule has 0 aliphatic rings. The number of thioether (sulfide) groups is 1. The largest absolute Gasteiger partial charge is 0.287 e. The Morgan fingerprint density at radius 2 is 1.93 bits per heavy atom. The van der Waals surface area contributed by atoms with Crippen LogP contribution in [0.2, 0.25) is 0 Å². The van der Waals surface area contributed by atoms with Crippen LogP contribution in [0.5, 0.6) is 0 Å². The van der Waals surface area contributed by atoms with Crippen LogP contribution in [-0.2, 0) is 12.3 Å². The summed E-state index contributed by atoms with van der Waals surface area (Å²) in [6.45, 7) is 2.60. The minimum absolute atomic E-state index is 0.0476. The normalized spacial score (nSPS) is 11.2. The van der Waals surface area contributed by atoms with Gasteiger partial charge in [0.25, 0.3) is 5.56 Å². The maximum atomic E-state index is 13.0. The number of hydrogen-bond acceptors (Lipinski definition) is 4. The van der Waals surface area contributed by atoms with Crippen molar-refractivity contribution in [3.8, 4) is 10.4 Å². The van der Waals surface area contributed by atoms with E-state index in [1.54, 1.807) is 16.3 Å². The molecule has 2 heterocycles. The van der Waals surface area contributed by atoms with Gasteiger partial charge in [0.1, 0.15) is 4.70 Å². The van der Waals surface area contributed by atoms with Crippen molar-refractivity contribution in [2.24, 2.45) is 0 Å². The molecule has 0 aliphatic heterocycles. The fourth-order valence-electron chi connectivity index (χ4n) is 2.90. The van der Waals surface area contributed by atoms with Crippen LogP contribution in [-0.4, -0.2) is 9.55 Å². The molecule has 0 fully saturated rings. The third kappa shape index (κ3) is 3.88. The second kappa shape index (κ2) is 8.00. The second-order valence-corrected chi connectivity index (χ2v) is 8.96. The van der Waals surface area contributed by atoms with Crippen LogP contribution in [0.4, 0.5) is 0 Å². The zero-order valence-corrected chi connectivity index (χ0v) is 17.9. The minimum Gasteiger partial charge on any atom is -0.287 e. The number of thiophene rings is 1. The molecule has 4 aromatic rings. The Morgan fingerprint density at radius 1 is 1.11 bits per heavy atom. The summed E-state index contributed by atoms with van der Waals surface area (Å²) in [5.41, 5.74) is 3.14. The van der Waals surface area contributed by atoms with E-state index in [-0.39, 0.29) is 5.56 Å². The van der Waals surface area contributed by atoms with E-state index in [2.05, 4.69) is 40.2 Å². The van der Waals surface area contributed by atoms with E-state index in [9.17, 15) is 4.79 Å². The molecule has 2 aromatic carbocycles. The number of hydrogen-bond donors (Lipinski definition) is 0. The smallest absolute Gasteiger partial charge is 0.272 e. The number of benzene rings is 2. The Balaban J connectivity index is 1.73. The summed E-state index contributed by atoms with van der Waals surface area (Å²) < 4.78 is 3.56. The summed E-state index contributed by atoms with van der Waals surface area (Å²) in [5.74, 6) is 0.771. The van der Waals surface area contributed by atoms with Gasteiger partial charge in [-0.05, 0) is 36.2 Å². The predicted molar refractivity (Wildman–Crippen MR) is 119 cm³/mol. The van der Waals surface area contributed by atoms with Crippen molar-refractivity contribution >= 4 is 49.2 Å². The lowest BCUT2D eigenvalue weighted by Gasteiger charge is -2.09. The molecule has 2 aromatic heterocycles. The van der Waals surface area contributed by atoms with Crippen LogP contribution in [0.3, 0.4) is 0 Å². The first-order valence-corrected chi connectivity index (χ1v) is 11.2. The Labute approximate surface area is 174 Å². The lowest BCUT2D eigenvalue weighted by atomic mass is 10.2. The Morgan fingerprint density at radius 3 is 2.67 bits per heavy atom. The van der Waals surface area contributed by atoms with Crippen LogP contribution in [0, 0.1) is 0 Å². The molecule has 0 bridgehead atoms. The summed E-state index contributed by atoms with van der Waals surface area (Å²) in [6, 6.07) is 20.4. The SMILES string of the molecule is CCn1c(SCc2cccc(Br)c2)nc2cc(-c3ccccc3)sc2c1=O. The zero-order valence-electron chi connectivity index (χ0n) is 14.7. The van der Waals surface area contributed by atoms with Gasteiger partial charge in [0, 0.05) is 21.6 Å². The van der Waals surface area contributed by atoms with Gasteiger partial charge in [-0.2, -0.15) is 0 Å². The molecule has 0 unspecified atom stereocenters. The number of rotatable bonds is 5. The summed E-state index contributed by atoms with van der Waals surface area (Å²) in [4.78, 5) is 18.9. The highest BCUT2D eigenvalue weighted by atomic mass is 79.9. The van der Waals surface area contributed by atoms with Crippen molar-refractivity contribution in [1.29, 1.82) is 0 Å². The highest BCUT2D eigenvalue weighted by Crippen LogP contribution is 2.32. The fraction of sp³-hybridized carbons (Fsp3) is 0.143. The molecule has 0 aliphatic carbocycles. The van der Waals surface area contributed by atoms with Crippen molar-refractivity contribution in [2.45, 2.75) is 24.4 Å². The lowest BCUT2D eigenvalue weighted by Crippen LogP contribution is -2.21. The number of halogens is 1. The first-order valence-electron chi connectivity index (χ1n) is 8.62. The van der Waals surface area contributed by atoms with Crippen LogP contribution in [0.15, 0.2) is 75.1 Å². The van der Waals surface area contributed by atoms with Crippen LogP contribution < -0.4 is 5.56 Å². The van der Waals surface area contributed by atoms with Crippen LogP contribution in [0.25, 0.3) is 20.7 Å². The van der Waals surface area contributed by atoms with Crippen LogP contribution in [0.1, 0.15) is 12.5 Å². The molecular formula is C21H17BrN2OS2. The molecule has 0 atom stereocenters. The van der Waals surface area contributed by atoms with Crippen molar-refractivity contribution < 1.29 is 0 Å². The molecule has 27 heavy (non-hydrogen) atoms. The molecule has 136 valence electrons. The molecule has 0 saturated heterocycles. The van der Waals surface area contributed by atoms with Gasteiger partial charge in [-0.25, -0.2) is 4.98 Å². The monoisotopic (exact) mass is 456 g/mol. The van der Waals surface area contributed by atoms with E-state index in [0.717, 1.165) is 36.0 Å². The molecule has 6 heteroatoms. The number of aromatic nitrogens is 2. The Kier molecular flexibility index (Phi) is 5.48. The average Bonchev–Trinajstić information content (AvgIpc) is 3.12. The van der Waals surface area contributed by atoms with Crippen molar-refractivity contribution in [1.82, 2.24) is 9.55 Å². The van der Waals surface area contributed by atoms with Crippen molar-refractivity contribution in [3.63, 3.8) is 0 Å². The molecule has 0 spiro atoms. The average molecular weight is 457 g/mol. The third-order valence-corrected chi connectivity index (χ3v) is 6.93. The van der Waals surface area contributed by atoms with Gasteiger partial charge in [0.05, 0.1) is 5.52 Å². The molecular weight excluding hydrogens is 440 g/mol. The van der Waals surface area contributed by atoms with Crippen LogP contribution >= 0.6 is 39.0 Å². The second-order valence-electron chi connectivity index (χ2n) is 6.05. The van der Waals surface area contributed by atoms with Gasteiger partial charge in [-0.3, -0.25) is 9.36 Å². The maximum absolute atomic E-state index is 13.0. The van der Waals surface area contributed by atoms with E-state index in [1.165, 1.54) is 16.9 Å². The first kappa shape index (κ1) is 18.5. The zero-order chi connectivity index (χ0) is 18.8. The standard InChI is InChI=1S/C21H17BrN2OS2/c1-2-24-20(25)19-17(12-18(27-19)15-8-4-3-5-9-15)23-21(24)26-13-14-7-6-10-16(22)11-14/h3-12H,2,13H2,1H3. The third-order valence-electron chi connectivity index (χ3n) is 4.23. The molecule has 0 saturated carbocycles. The molecule has 0 amide bonds. The van der Waals surface area contributed by atoms with E-state index in [0.29, 0.717) is 6.54 Å². The summed E-state index contributed by atoms with van der Waals surface area (Å²) in [6.07, 6.45) is 0. The highest BCUT2D eigenvalue weighted by molar-refractivity contribution is 9.10. The first-order chi connectivity index (χ1) is 13.2. The van der Waals surface area contributed by atoms with E-state index in [4.69, 9.17) is 4.98 Å². The van der Waals surface area contributed by atoms with Crippen molar-refractivity contribution in [2.75, 3.05) is 0 Å². The summed E-state index contributed by atoms with van der Waals surface area (Å²) in [7, 11) is 0. The Bertz CT molecular complexity index is 1150. The van der Waals surface area contributed by atoms with Gasteiger partial charge in [0.2, 0.25) is 0 Å². The minimum atomic E-state index is 0.0476. The summed E-state index contributed by atoms with van der Waals surface area (Å²) >= 11 is 6.63. The molecule has 4 rings (SSSR count). The van der Waals surface area contributed by atoms with E-state index < -0.39 is 0 Å². The van der Waals surface area contributed by atoms with Gasteiger partial charge >= 0.3 is 0 Å². The predicted octanol–water partition coefficient (Wildman–Crippen LogP) is 6.20.